The SMILES string of the molecule is CC1=C(C(=O)O)C(c2cccc(NC(=S)NNC(=O)CN3CCC(c4ccccc4)CC3)c2)C(C(=O)O)=C(C)N1. The van der Waals surface area contributed by atoms with Gasteiger partial charge in [-0.05, 0) is 81.2 Å². The molecule has 0 spiro atoms. The van der Waals surface area contributed by atoms with Crippen molar-refractivity contribution in [1.29, 1.82) is 0 Å². The van der Waals surface area contributed by atoms with Crippen LogP contribution in [0.2, 0.25) is 0 Å². The van der Waals surface area contributed by atoms with Crippen LogP contribution in [-0.4, -0.2) is 57.7 Å². The van der Waals surface area contributed by atoms with Crippen LogP contribution in [0.5, 0.6) is 0 Å². The molecule has 210 valence electrons. The summed E-state index contributed by atoms with van der Waals surface area (Å²) < 4.78 is 0. The van der Waals surface area contributed by atoms with E-state index >= 15 is 0 Å². The van der Waals surface area contributed by atoms with E-state index in [1.54, 1.807) is 38.1 Å². The van der Waals surface area contributed by atoms with Crippen molar-refractivity contribution in [1.82, 2.24) is 21.1 Å². The Balaban J connectivity index is 1.33. The summed E-state index contributed by atoms with van der Waals surface area (Å²) >= 11 is 5.33. The summed E-state index contributed by atoms with van der Waals surface area (Å²) in [7, 11) is 0. The minimum Gasteiger partial charge on any atom is -0.478 e. The Morgan fingerprint density at radius 1 is 0.900 bits per heavy atom. The average molecular weight is 564 g/mol. The van der Waals surface area contributed by atoms with Gasteiger partial charge in [-0.25, -0.2) is 9.59 Å². The Labute approximate surface area is 238 Å². The topological polar surface area (TPSA) is 143 Å². The molecule has 2 heterocycles. The second kappa shape index (κ2) is 12.8. The number of allylic oxidation sites excluding steroid dienone is 2. The zero-order valence-electron chi connectivity index (χ0n) is 22.4. The Kier molecular flexibility index (Phi) is 9.18. The van der Waals surface area contributed by atoms with Gasteiger partial charge in [0.25, 0.3) is 5.91 Å². The second-order valence-corrected chi connectivity index (χ2v) is 10.4. The number of piperidine rings is 1. The van der Waals surface area contributed by atoms with E-state index in [4.69, 9.17) is 12.2 Å². The van der Waals surface area contributed by atoms with Gasteiger partial charge in [-0.15, -0.1) is 0 Å². The smallest absolute Gasteiger partial charge is 0.334 e. The standard InChI is InChI=1S/C29H33N5O5S/c1-17-24(27(36)37)26(25(28(38)39)18(2)30-17)21-9-6-10-22(15-21)31-29(40)33-32-23(35)16-34-13-11-20(12-14-34)19-7-4-3-5-8-19/h3-10,15,20,26,30H,11-14,16H2,1-2H3,(H,32,35)(H,36,37)(H,38,39)(H2,31,33,40). The molecule has 10 nitrogen and oxygen atoms in total. The van der Waals surface area contributed by atoms with E-state index in [-0.39, 0.29) is 28.7 Å². The van der Waals surface area contributed by atoms with Crippen LogP contribution in [0.3, 0.4) is 0 Å². The number of aliphatic carboxylic acids is 2. The van der Waals surface area contributed by atoms with Gasteiger partial charge in [-0.2, -0.15) is 0 Å². The molecular weight excluding hydrogens is 530 g/mol. The van der Waals surface area contributed by atoms with Crippen molar-refractivity contribution in [2.75, 3.05) is 25.0 Å². The maximum absolute atomic E-state index is 12.5. The van der Waals surface area contributed by atoms with Crippen molar-refractivity contribution in [3.8, 4) is 0 Å². The molecule has 6 N–H and O–H groups in total. The van der Waals surface area contributed by atoms with Crippen LogP contribution < -0.4 is 21.5 Å². The fourth-order valence-electron chi connectivity index (χ4n) is 5.37. The molecule has 2 aliphatic rings. The Morgan fingerprint density at radius 2 is 1.50 bits per heavy atom. The van der Waals surface area contributed by atoms with Crippen molar-refractivity contribution in [2.45, 2.75) is 38.5 Å². The van der Waals surface area contributed by atoms with E-state index in [1.165, 1.54) is 5.56 Å². The highest BCUT2D eigenvalue weighted by Gasteiger charge is 2.36. The van der Waals surface area contributed by atoms with Gasteiger partial charge in [0.05, 0.1) is 23.6 Å². The lowest BCUT2D eigenvalue weighted by atomic mass is 9.80. The number of thiocarbonyl (C=S) groups is 1. The molecule has 0 bridgehead atoms. The first-order valence-electron chi connectivity index (χ1n) is 13.0. The average Bonchev–Trinajstić information content (AvgIpc) is 2.92. The summed E-state index contributed by atoms with van der Waals surface area (Å²) in [5, 5.41) is 25.6. The predicted molar refractivity (Wildman–Crippen MR) is 155 cm³/mol. The molecule has 0 saturated carbocycles. The lowest BCUT2D eigenvalue weighted by Crippen LogP contribution is -2.48. The summed E-state index contributed by atoms with van der Waals surface area (Å²) in [5.74, 6) is -3.10. The lowest BCUT2D eigenvalue weighted by Gasteiger charge is -2.31. The van der Waals surface area contributed by atoms with Crippen LogP contribution in [0.1, 0.15) is 49.7 Å². The summed E-state index contributed by atoms with van der Waals surface area (Å²) in [4.78, 5) is 38.7. The molecule has 2 aliphatic heterocycles. The molecule has 0 aliphatic carbocycles. The zero-order chi connectivity index (χ0) is 28.8. The van der Waals surface area contributed by atoms with Crippen molar-refractivity contribution < 1.29 is 24.6 Å². The molecule has 1 saturated heterocycles. The Bertz CT molecular complexity index is 1330. The number of amides is 1. The molecule has 1 amide bonds. The number of anilines is 1. The van der Waals surface area contributed by atoms with Gasteiger partial charge in [-0.3, -0.25) is 20.5 Å². The highest BCUT2D eigenvalue weighted by Crippen LogP contribution is 2.39. The molecule has 1 fully saturated rings. The predicted octanol–water partition coefficient (Wildman–Crippen LogP) is 3.29. The minimum absolute atomic E-state index is 0.0408. The highest BCUT2D eigenvalue weighted by atomic mass is 32.1. The van der Waals surface area contributed by atoms with Crippen LogP contribution in [0.25, 0.3) is 0 Å². The molecule has 11 heteroatoms. The largest absolute Gasteiger partial charge is 0.478 e. The number of dihydropyridines is 1. The van der Waals surface area contributed by atoms with E-state index in [2.05, 4.69) is 50.7 Å². The third kappa shape index (κ3) is 6.85. The number of benzene rings is 2. The molecule has 0 atom stereocenters. The van der Waals surface area contributed by atoms with Crippen LogP contribution >= 0.6 is 12.2 Å². The number of carbonyl (C=O) groups is 3. The lowest BCUT2D eigenvalue weighted by molar-refractivity contribution is -0.133. The molecule has 0 aromatic heterocycles. The molecular formula is C29H33N5O5S. The van der Waals surface area contributed by atoms with Crippen LogP contribution in [0.4, 0.5) is 5.69 Å². The van der Waals surface area contributed by atoms with Gasteiger partial charge >= 0.3 is 11.9 Å². The first-order chi connectivity index (χ1) is 19.1. The molecule has 0 radical (unpaired) electrons. The van der Waals surface area contributed by atoms with E-state index in [0.29, 0.717) is 28.6 Å². The van der Waals surface area contributed by atoms with Gasteiger partial charge in [-0.1, -0.05) is 42.5 Å². The van der Waals surface area contributed by atoms with Crippen LogP contribution in [0.15, 0.2) is 77.1 Å². The van der Waals surface area contributed by atoms with Gasteiger partial charge < -0.3 is 20.8 Å². The summed E-state index contributed by atoms with van der Waals surface area (Å²) in [5.41, 5.74) is 8.31. The van der Waals surface area contributed by atoms with Gasteiger partial charge in [0, 0.05) is 17.1 Å². The van der Waals surface area contributed by atoms with E-state index < -0.39 is 17.9 Å². The van der Waals surface area contributed by atoms with Gasteiger partial charge in [0.15, 0.2) is 5.11 Å². The maximum atomic E-state index is 12.5. The van der Waals surface area contributed by atoms with Gasteiger partial charge in [0.1, 0.15) is 0 Å². The van der Waals surface area contributed by atoms with Crippen molar-refractivity contribution in [3.63, 3.8) is 0 Å². The van der Waals surface area contributed by atoms with Crippen molar-refractivity contribution in [3.05, 3.63) is 88.3 Å². The minimum atomic E-state index is -1.20. The Morgan fingerprint density at radius 3 is 2.10 bits per heavy atom. The molecule has 40 heavy (non-hydrogen) atoms. The first kappa shape index (κ1) is 28.8. The van der Waals surface area contributed by atoms with E-state index in [1.807, 2.05) is 6.07 Å². The third-order valence-corrected chi connectivity index (χ3v) is 7.44. The molecule has 2 aromatic carbocycles. The number of carbonyl (C=O) groups excluding carboxylic acids is 1. The summed E-state index contributed by atoms with van der Waals surface area (Å²) in [6.45, 7) is 5.12. The number of rotatable bonds is 7. The van der Waals surface area contributed by atoms with Gasteiger partial charge in [0.2, 0.25) is 0 Å². The number of hydrazine groups is 1. The monoisotopic (exact) mass is 563 g/mol. The quantitative estimate of drug-likeness (QED) is 0.219. The van der Waals surface area contributed by atoms with Crippen LogP contribution in [-0.2, 0) is 14.4 Å². The number of hydrogen-bond acceptors (Lipinski definition) is 6. The van der Waals surface area contributed by atoms with E-state index in [9.17, 15) is 24.6 Å². The molecule has 0 unspecified atom stereocenters. The zero-order valence-corrected chi connectivity index (χ0v) is 23.2. The molecule has 4 rings (SSSR count). The van der Waals surface area contributed by atoms with Crippen molar-refractivity contribution in [2.24, 2.45) is 0 Å². The highest BCUT2D eigenvalue weighted by molar-refractivity contribution is 7.80. The first-order valence-corrected chi connectivity index (χ1v) is 13.4. The summed E-state index contributed by atoms with van der Waals surface area (Å²) in [6.07, 6.45) is 1.99. The normalized spacial score (nSPS) is 16.8. The molecule has 2 aromatic rings. The second-order valence-electron chi connectivity index (χ2n) is 9.96. The van der Waals surface area contributed by atoms with E-state index in [0.717, 1.165) is 25.9 Å². The number of carboxylic acid groups (broad SMARTS) is 2. The number of nitrogens with zero attached hydrogens (tertiary/aromatic N) is 1. The maximum Gasteiger partial charge on any atom is 0.334 e. The van der Waals surface area contributed by atoms with Crippen molar-refractivity contribution >= 4 is 40.9 Å². The Hall–Kier alpha value is -4.22. The number of carboxylic acids is 2. The number of nitrogens with one attached hydrogen (secondary N) is 4. The number of hydrogen-bond donors (Lipinski definition) is 6. The summed E-state index contributed by atoms with van der Waals surface area (Å²) in [6, 6.07) is 17.1. The fourth-order valence-corrected chi connectivity index (χ4v) is 5.54. The number of likely N-dealkylation sites (tertiary alicyclic amines) is 1. The fraction of sp³-hybridized carbons (Fsp3) is 0.310. The van der Waals surface area contributed by atoms with Crippen LogP contribution in [0, 0.1) is 0 Å². The third-order valence-electron chi connectivity index (χ3n) is 7.24.